The number of nitrogens with zero attached hydrogens (tertiary/aromatic N) is 1. The van der Waals surface area contributed by atoms with Crippen molar-refractivity contribution < 1.29 is 0 Å². The van der Waals surface area contributed by atoms with Gasteiger partial charge in [-0.2, -0.15) is 0 Å². The first-order valence-electron chi connectivity index (χ1n) is 3.91. The molecule has 0 amide bonds. The molecule has 0 aromatic rings. The molecule has 0 saturated heterocycles. The zero-order valence-electron chi connectivity index (χ0n) is 7.65. The van der Waals surface area contributed by atoms with Gasteiger partial charge in [0.15, 0.2) is 0 Å². The van der Waals surface area contributed by atoms with Crippen LogP contribution in [0.2, 0.25) is 6.04 Å². The molecule has 0 heterocycles. The summed E-state index contributed by atoms with van der Waals surface area (Å²) in [5.41, 5.74) is 3.93. The SMILES string of the molecule is CC(C)=C[SiH2]CCN(C)C. The molecule has 0 spiro atoms. The summed E-state index contributed by atoms with van der Waals surface area (Å²) in [5.74, 6) is 0. The van der Waals surface area contributed by atoms with Gasteiger partial charge in [0.05, 0.1) is 0 Å². The predicted molar refractivity (Wildman–Crippen MR) is 51.3 cm³/mol. The van der Waals surface area contributed by atoms with Crippen molar-refractivity contribution in [2.24, 2.45) is 0 Å². The average Bonchev–Trinajstić information content (AvgIpc) is 1.79. The summed E-state index contributed by atoms with van der Waals surface area (Å²) in [6.07, 6.45) is 0. The van der Waals surface area contributed by atoms with Gasteiger partial charge in [0.25, 0.3) is 0 Å². The fourth-order valence-corrected chi connectivity index (χ4v) is 2.39. The lowest BCUT2D eigenvalue weighted by atomic mass is 10.4. The van der Waals surface area contributed by atoms with Crippen LogP contribution in [0.3, 0.4) is 0 Å². The summed E-state index contributed by atoms with van der Waals surface area (Å²) in [7, 11) is 4.39. The van der Waals surface area contributed by atoms with E-state index in [4.69, 9.17) is 0 Å². The molecule has 10 heavy (non-hydrogen) atoms. The Labute approximate surface area is 66.9 Å². The molecular formula is C8H19NSi. The number of hydrogen-bond donors (Lipinski definition) is 0. The fourth-order valence-electron chi connectivity index (χ4n) is 0.798. The molecule has 0 aromatic heterocycles. The Morgan fingerprint density at radius 2 is 2.00 bits per heavy atom. The Balaban J connectivity index is 3.13. The standard InChI is InChI=1S/C8H19NSi/c1-8(2)7-10-6-5-9(3)4/h7H,5-6,10H2,1-4H3. The van der Waals surface area contributed by atoms with Crippen LogP contribution >= 0.6 is 0 Å². The molecule has 60 valence electrons. The second-order valence-electron chi connectivity index (χ2n) is 3.23. The number of hydrogen-bond acceptors (Lipinski definition) is 1. The van der Waals surface area contributed by atoms with E-state index in [1.165, 1.54) is 18.2 Å². The van der Waals surface area contributed by atoms with Crippen molar-refractivity contribution in [1.29, 1.82) is 0 Å². The molecule has 2 heteroatoms. The van der Waals surface area contributed by atoms with Crippen LogP contribution in [0.1, 0.15) is 13.8 Å². The molecule has 0 saturated carbocycles. The minimum absolute atomic E-state index is 0.117. The molecule has 0 atom stereocenters. The van der Waals surface area contributed by atoms with E-state index in [9.17, 15) is 0 Å². The molecule has 1 nitrogen and oxygen atoms in total. The van der Waals surface area contributed by atoms with Crippen LogP contribution in [-0.4, -0.2) is 35.1 Å². The van der Waals surface area contributed by atoms with Crippen molar-refractivity contribution in [2.45, 2.75) is 19.9 Å². The highest BCUT2D eigenvalue weighted by molar-refractivity contribution is 6.42. The van der Waals surface area contributed by atoms with E-state index in [2.05, 4.69) is 38.5 Å². The number of allylic oxidation sites excluding steroid dienone is 1. The maximum absolute atomic E-state index is 2.43. The van der Waals surface area contributed by atoms with Crippen molar-refractivity contribution in [1.82, 2.24) is 4.90 Å². The lowest BCUT2D eigenvalue weighted by Gasteiger charge is -2.06. The van der Waals surface area contributed by atoms with Gasteiger partial charge in [-0.1, -0.05) is 5.57 Å². The molecule has 0 aliphatic rings. The van der Waals surface area contributed by atoms with Crippen molar-refractivity contribution in [3.05, 3.63) is 11.3 Å². The lowest BCUT2D eigenvalue weighted by Crippen LogP contribution is -2.13. The van der Waals surface area contributed by atoms with Crippen molar-refractivity contribution in [3.8, 4) is 0 Å². The summed E-state index contributed by atoms with van der Waals surface area (Å²) in [5, 5.41) is 0. The van der Waals surface area contributed by atoms with Crippen molar-refractivity contribution >= 4 is 9.52 Å². The molecule has 0 N–H and O–H groups in total. The van der Waals surface area contributed by atoms with Gasteiger partial charge in [-0.05, 0) is 40.5 Å². The predicted octanol–water partition coefficient (Wildman–Crippen LogP) is 1.06. The van der Waals surface area contributed by atoms with Crippen LogP contribution in [0.5, 0.6) is 0 Å². The van der Waals surface area contributed by atoms with Crippen LogP contribution in [-0.2, 0) is 0 Å². The van der Waals surface area contributed by atoms with E-state index < -0.39 is 0 Å². The van der Waals surface area contributed by atoms with E-state index in [0.717, 1.165) is 0 Å². The van der Waals surface area contributed by atoms with E-state index >= 15 is 0 Å². The van der Waals surface area contributed by atoms with Gasteiger partial charge in [-0.3, -0.25) is 0 Å². The first-order chi connectivity index (χ1) is 4.63. The van der Waals surface area contributed by atoms with Gasteiger partial charge >= 0.3 is 0 Å². The van der Waals surface area contributed by atoms with Crippen LogP contribution in [0.4, 0.5) is 0 Å². The van der Waals surface area contributed by atoms with Gasteiger partial charge in [-0.25, -0.2) is 0 Å². The van der Waals surface area contributed by atoms with Crippen LogP contribution in [0, 0.1) is 0 Å². The second kappa shape index (κ2) is 5.68. The third-order valence-electron chi connectivity index (χ3n) is 1.36. The molecular weight excluding hydrogens is 138 g/mol. The van der Waals surface area contributed by atoms with Crippen LogP contribution < -0.4 is 0 Å². The maximum atomic E-state index is 2.43. The summed E-state index contributed by atoms with van der Waals surface area (Å²) >= 11 is 0. The van der Waals surface area contributed by atoms with Crippen molar-refractivity contribution in [3.63, 3.8) is 0 Å². The zero-order valence-corrected chi connectivity index (χ0v) is 9.06. The quantitative estimate of drug-likeness (QED) is 0.436. The third kappa shape index (κ3) is 7.92. The van der Waals surface area contributed by atoms with E-state index in [-0.39, 0.29) is 9.52 Å². The van der Waals surface area contributed by atoms with Gasteiger partial charge in [-0.15, -0.1) is 5.70 Å². The van der Waals surface area contributed by atoms with E-state index in [1.807, 2.05) is 0 Å². The molecule has 0 aliphatic carbocycles. The molecule has 0 unspecified atom stereocenters. The molecule has 0 aliphatic heterocycles. The molecule has 0 rings (SSSR count). The van der Waals surface area contributed by atoms with Gasteiger partial charge in [0.1, 0.15) is 0 Å². The highest BCUT2D eigenvalue weighted by atomic mass is 28.2. The molecule has 0 aromatic carbocycles. The van der Waals surface area contributed by atoms with Crippen LogP contribution in [0.15, 0.2) is 11.3 Å². The largest absolute Gasteiger partial charge is 0.310 e. The Bertz CT molecular complexity index is 104. The summed E-state index contributed by atoms with van der Waals surface area (Å²) in [4.78, 5) is 2.26. The topological polar surface area (TPSA) is 3.24 Å². The minimum Gasteiger partial charge on any atom is -0.310 e. The summed E-state index contributed by atoms with van der Waals surface area (Å²) in [6.45, 7) is 5.63. The zero-order chi connectivity index (χ0) is 7.98. The molecule has 0 fully saturated rings. The highest BCUT2D eigenvalue weighted by Gasteiger charge is 1.87. The third-order valence-corrected chi connectivity index (χ3v) is 3.19. The second-order valence-corrected chi connectivity index (χ2v) is 4.92. The van der Waals surface area contributed by atoms with Crippen molar-refractivity contribution in [2.75, 3.05) is 20.6 Å². The first-order valence-corrected chi connectivity index (χ1v) is 5.72. The van der Waals surface area contributed by atoms with Gasteiger partial charge in [0, 0.05) is 9.52 Å². The first kappa shape index (κ1) is 9.92. The number of rotatable bonds is 4. The minimum atomic E-state index is 0.117. The average molecular weight is 157 g/mol. The van der Waals surface area contributed by atoms with E-state index in [1.54, 1.807) is 0 Å². The van der Waals surface area contributed by atoms with E-state index in [0.29, 0.717) is 0 Å². The summed E-state index contributed by atoms with van der Waals surface area (Å²) in [6, 6.07) is 1.41. The van der Waals surface area contributed by atoms with Gasteiger partial charge in [0.2, 0.25) is 0 Å². The Morgan fingerprint density at radius 3 is 2.40 bits per heavy atom. The Morgan fingerprint density at radius 1 is 1.40 bits per heavy atom. The molecule has 0 radical (unpaired) electrons. The normalized spacial score (nSPS) is 11.3. The van der Waals surface area contributed by atoms with Gasteiger partial charge < -0.3 is 4.90 Å². The smallest absolute Gasteiger partial charge is 0.0465 e. The summed E-state index contributed by atoms with van der Waals surface area (Å²) < 4.78 is 0. The lowest BCUT2D eigenvalue weighted by molar-refractivity contribution is 0.433. The van der Waals surface area contributed by atoms with Crippen LogP contribution in [0.25, 0.3) is 0 Å². The molecule has 0 bridgehead atoms. The Hall–Kier alpha value is -0.0831. The Kier molecular flexibility index (Phi) is 5.64. The fraction of sp³-hybridized carbons (Fsp3) is 0.750. The highest BCUT2D eigenvalue weighted by Crippen LogP contribution is 1.89. The maximum Gasteiger partial charge on any atom is 0.0465 e. The monoisotopic (exact) mass is 157 g/mol.